The highest BCUT2D eigenvalue weighted by Crippen LogP contribution is 2.53. The van der Waals surface area contributed by atoms with Crippen LogP contribution in [0.2, 0.25) is 0 Å². The molecule has 1 rings (SSSR count). The van der Waals surface area contributed by atoms with Crippen molar-refractivity contribution in [1.82, 2.24) is 0 Å². The minimum Gasteiger partial charge on any atom is -0.469 e. The maximum Gasteiger partial charge on any atom is 0.312 e. The largest absolute Gasteiger partial charge is 0.469 e. The Kier molecular flexibility index (Phi) is 1.78. The molecule has 1 aliphatic rings. The Hall–Kier alpha value is -0.860. The molecular weight excluding hydrogens is 156 g/mol. The minimum absolute atomic E-state index is 0.135. The third kappa shape index (κ3) is 0.822. The fourth-order valence-electron chi connectivity index (χ4n) is 1.52. The summed E-state index contributed by atoms with van der Waals surface area (Å²) in [6.07, 6.45) is 0.312. The monoisotopic (exact) mass is 170 g/mol. The fourth-order valence-corrected chi connectivity index (χ4v) is 1.52. The molecule has 3 nitrogen and oxygen atoms in total. The van der Waals surface area contributed by atoms with Gasteiger partial charge < -0.3 is 4.74 Å². The van der Waals surface area contributed by atoms with E-state index in [4.69, 9.17) is 0 Å². The van der Waals surface area contributed by atoms with Gasteiger partial charge in [0.05, 0.1) is 12.5 Å². The van der Waals surface area contributed by atoms with Crippen LogP contribution >= 0.6 is 0 Å². The summed E-state index contributed by atoms with van der Waals surface area (Å²) in [5.41, 5.74) is -1.17. The van der Waals surface area contributed by atoms with Crippen molar-refractivity contribution >= 4 is 11.8 Å². The molecule has 1 unspecified atom stereocenters. The van der Waals surface area contributed by atoms with Crippen LogP contribution in [-0.4, -0.2) is 18.9 Å². The first-order chi connectivity index (χ1) is 5.36. The first kappa shape index (κ1) is 9.23. The van der Waals surface area contributed by atoms with Crippen molar-refractivity contribution in [2.75, 3.05) is 7.11 Å². The first-order valence-electron chi connectivity index (χ1n) is 3.98. The van der Waals surface area contributed by atoms with Crippen molar-refractivity contribution in [3.63, 3.8) is 0 Å². The van der Waals surface area contributed by atoms with E-state index in [2.05, 4.69) is 4.74 Å². The van der Waals surface area contributed by atoms with Gasteiger partial charge >= 0.3 is 5.97 Å². The van der Waals surface area contributed by atoms with Crippen LogP contribution in [0.25, 0.3) is 0 Å². The van der Waals surface area contributed by atoms with Gasteiger partial charge in [0.1, 0.15) is 5.78 Å². The summed E-state index contributed by atoms with van der Waals surface area (Å²) in [4.78, 5) is 22.5. The lowest BCUT2D eigenvalue weighted by Crippen LogP contribution is -2.58. The molecule has 0 aliphatic heterocycles. The summed E-state index contributed by atoms with van der Waals surface area (Å²) in [6.45, 7) is 5.35. The van der Waals surface area contributed by atoms with Gasteiger partial charge in [-0.2, -0.15) is 0 Å². The summed E-state index contributed by atoms with van der Waals surface area (Å²) in [5.74, 6) is -0.150. The third-order valence-electron chi connectivity index (χ3n) is 3.23. The maximum absolute atomic E-state index is 11.3. The molecule has 1 aliphatic carbocycles. The number of esters is 1. The highest BCUT2D eigenvalue weighted by molar-refractivity contribution is 6.02. The lowest BCUT2D eigenvalue weighted by atomic mass is 9.51. The zero-order valence-corrected chi connectivity index (χ0v) is 7.93. The zero-order chi connectivity index (χ0) is 9.57. The van der Waals surface area contributed by atoms with Gasteiger partial charge in [0.15, 0.2) is 0 Å². The molecule has 0 amide bonds. The molecule has 0 spiro atoms. The third-order valence-corrected chi connectivity index (χ3v) is 3.23. The zero-order valence-electron chi connectivity index (χ0n) is 7.93. The van der Waals surface area contributed by atoms with Gasteiger partial charge in [0.25, 0.3) is 0 Å². The van der Waals surface area contributed by atoms with Crippen molar-refractivity contribution in [1.29, 1.82) is 0 Å². The second kappa shape index (κ2) is 2.31. The smallest absolute Gasteiger partial charge is 0.312 e. The van der Waals surface area contributed by atoms with E-state index in [9.17, 15) is 9.59 Å². The highest BCUT2D eigenvalue weighted by Gasteiger charge is 2.62. The Balaban J connectivity index is 2.91. The molecule has 0 aromatic heterocycles. The molecule has 68 valence electrons. The number of hydrogen-bond acceptors (Lipinski definition) is 3. The Morgan fingerprint density at radius 1 is 1.42 bits per heavy atom. The molecule has 0 heterocycles. The van der Waals surface area contributed by atoms with E-state index in [0.717, 1.165) is 0 Å². The van der Waals surface area contributed by atoms with Crippen LogP contribution in [0.4, 0.5) is 0 Å². The Morgan fingerprint density at radius 2 is 1.92 bits per heavy atom. The van der Waals surface area contributed by atoms with E-state index < -0.39 is 10.8 Å². The van der Waals surface area contributed by atoms with Gasteiger partial charge in [0.2, 0.25) is 0 Å². The molecule has 0 aromatic carbocycles. The lowest BCUT2D eigenvalue weighted by Gasteiger charge is -2.49. The molecule has 1 saturated carbocycles. The van der Waals surface area contributed by atoms with E-state index in [-0.39, 0.29) is 11.8 Å². The van der Waals surface area contributed by atoms with Gasteiger partial charge in [-0.05, 0) is 6.92 Å². The van der Waals surface area contributed by atoms with Crippen molar-refractivity contribution in [3.8, 4) is 0 Å². The first-order valence-corrected chi connectivity index (χ1v) is 3.98. The van der Waals surface area contributed by atoms with Crippen LogP contribution in [0.5, 0.6) is 0 Å². The topological polar surface area (TPSA) is 43.4 Å². The fraction of sp³-hybridized carbons (Fsp3) is 0.778. The molecule has 1 atom stereocenters. The van der Waals surface area contributed by atoms with E-state index >= 15 is 0 Å². The van der Waals surface area contributed by atoms with Gasteiger partial charge in [-0.3, -0.25) is 9.59 Å². The number of ketones is 1. The van der Waals surface area contributed by atoms with Crippen LogP contribution in [-0.2, 0) is 14.3 Å². The van der Waals surface area contributed by atoms with Gasteiger partial charge in [-0.1, -0.05) is 13.8 Å². The van der Waals surface area contributed by atoms with Crippen LogP contribution in [0, 0.1) is 10.8 Å². The predicted molar refractivity (Wildman–Crippen MR) is 43.5 cm³/mol. The molecule has 0 aromatic rings. The Labute approximate surface area is 72.1 Å². The quantitative estimate of drug-likeness (QED) is 0.555. The molecule has 0 bridgehead atoms. The van der Waals surface area contributed by atoms with Crippen molar-refractivity contribution < 1.29 is 14.3 Å². The average molecular weight is 170 g/mol. The van der Waals surface area contributed by atoms with Gasteiger partial charge in [-0.25, -0.2) is 0 Å². The van der Waals surface area contributed by atoms with Gasteiger partial charge in [0, 0.05) is 11.8 Å². The number of methoxy groups -OCH3 is 1. The molecule has 1 fully saturated rings. The molecule has 0 radical (unpaired) electrons. The lowest BCUT2D eigenvalue weighted by molar-refractivity contribution is -0.179. The summed E-state index contributed by atoms with van der Waals surface area (Å²) in [5, 5.41) is 0. The Bertz CT molecular complexity index is 242. The maximum atomic E-state index is 11.3. The minimum atomic E-state index is -0.612. The predicted octanol–water partition coefficient (Wildman–Crippen LogP) is 1.16. The van der Waals surface area contributed by atoms with Crippen molar-refractivity contribution in [2.24, 2.45) is 10.8 Å². The number of hydrogen-bond donors (Lipinski definition) is 0. The second-order valence-electron chi connectivity index (χ2n) is 4.05. The number of ether oxygens (including phenoxy) is 1. The highest BCUT2D eigenvalue weighted by atomic mass is 16.5. The van der Waals surface area contributed by atoms with E-state index in [1.54, 1.807) is 20.8 Å². The molecule has 0 N–H and O–H groups in total. The number of carbonyl (C=O) groups is 2. The van der Waals surface area contributed by atoms with Crippen LogP contribution in [0.15, 0.2) is 0 Å². The van der Waals surface area contributed by atoms with Crippen LogP contribution < -0.4 is 0 Å². The van der Waals surface area contributed by atoms with Gasteiger partial charge in [-0.15, -0.1) is 0 Å². The summed E-state index contributed by atoms with van der Waals surface area (Å²) in [7, 11) is 1.35. The number of carbonyl (C=O) groups excluding carboxylic acids is 2. The molecule has 3 heteroatoms. The molecule has 0 saturated heterocycles. The van der Waals surface area contributed by atoms with Crippen LogP contribution in [0.1, 0.15) is 27.2 Å². The summed E-state index contributed by atoms with van der Waals surface area (Å²) >= 11 is 0. The summed E-state index contributed by atoms with van der Waals surface area (Å²) < 4.78 is 4.65. The van der Waals surface area contributed by atoms with Crippen LogP contribution in [0.3, 0.4) is 0 Å². The number of rotatable bonds is 1. The van der Waals surface area contributed by atoms with E-state index in [1.807, 2.05) is 0 Å². The number of Topliss-reactive ketones (excluding diaryl/α,β-unsaturated/α-hetero) is 1. The normalized spacial score (nSPS) is 32.5. The average Bonchev–Trinajstić information content (AvgIpc) is 2.03. The molecular formula is C9H14O3. The Morgan fingerprint density at radius 3 is 2.17 bits per heavy atom. The van der Waals surface area contributed by atoms with E-state index in [1.165, 1.54) is 7.11 Å². The summed E-state index contributed by atoms with van der Waals surface area (Å²) in [6, 6.07) is 0. The second-order valence-corrected chi connectivity index (χ2v) is 4.05. The van der Waals surface area contributed by atoms with E-state index in [0.29, 0.717) is 6.42 Å². The van der Waals surface area contributed by atoms with Crippen molar-refractivity contribution in [3.05, 3.63) is 0 Å². The molecule has 12 heavy (non-hydrogen) atoms. The SMILES string of the molecule is COC(=O)C1(C)CC(=O)C1(C)C. The standard InChI is InChI=1S/C9H14O3/c1-8(2)6(10)5-9(8,3)7(11)12-4/h5H2,1-4H3. The van der Waals surface area contributed by atoms with Crippen molar-refractivity contribution in [2.45, 2.75) is 27.2 Å².